The first-order chi connectivity index (χ1) is 8.49. The van der Waals surface area contributed by atoms with Crippen molar-refractivity contribution in [2.45, 2.75) is 33.2 Å². The van der Waals surface area contributed by atoms with Crippen molar-refractivity contribution >= 4 is 23.1 Å². The minimum atomic E-state index is -0.768. The Morgan fingerprint density at radius 3 is 2.72 bits per heavy atom. The van der Waals surface area contributed by atoms with Gasteiger partial charge in [-0.25, -0.2) is 0 Å². The zero-order chi connectivity index (χ0) is 13.3. The Hall–Kier alpha value is -1.56. The summed E-state index contributed by atoms with van der Waals surface area (Å²) in [5, 5.41) is 14.5. The average Bonchev–Trinajstić information content (AvgIpc) is 3.09. The second-order valence-corrected chi connectivity index (χ2v) is 6.04. The zero-order valence-corrected chi connectivity index (χ0v) is 11.3. The first-order valence-corrected chi connectivity index (χ1v) is 6.63. The molecule has 1 aromatic heterocycles. The number of amidine groups is 1. The fourth-order valence-electron chi connectivity index (χ4n) is 1.89. The summed E-state index contributed by atoms with van der Waals surface area (Å²) in [6.45, 7) is 4.61. The number of nitrogens with one attached hydrogen (secondary N) is 1. The fourth-order valence-corrected chi connectivity index (χ4v) is 2.89. The van der Waals surface area contributed by atoms with Crippen LogP contribution in [-0.4, -0.2) is 17.0 Å². The third kappa shape index (κ3) is 2.20. The first kappa shape index (κ1) is 12.9. The molecule has 1 fully saturated rings. The smallest absolute Gasteiger partial charge is 0.234 e. The highest BCUT2D eigenvalue weighted by atomic mass is 32.1. The van der Waals surface area contributed by atoms with Crippen LogP contribution in [0.15, 0.2) is 11.2 Å². The molecule has 0 saturated heterocycles. The molecule has 0 radical (unpaired) electrons. The van der Waals surface area contributed by atoms with E-state index in [2.05, 4.69) is 30.4 Å². The Morgan fingerprint density at radius 2 is 2.28 bits per heavy atom. The molecule has 1 aliphatic rings. The van der Waals surface area contributed by atoms with Crippen molar-refractivity contribution in [2.75, 3.05) is 0 Å². The van der Waals surface area contributed by atoms with Gasteiger partial charge in [-0.15, -0.1) is 11.3 Å². The standard InChI is InChI=1S/C12H17N3O2S/c1-7-5-9(18-8(7)2)6-14-11(16)12(3-4-12)10(13)15-17/h5,17H,3-4,6H2,1-2H3,(H2,13,15)(H,14,16). The van der Waals surface area contributed by atoms with Crippen LogP contribution < -0.4 is 11.1 Å². The number of oxime groups is 1. The second kappa shape index (κ2) is 4.61. The molecule has 0 aliphatic heterocycles. The quantitative estimate of drug-likeness (QED) is 0.334. The van der Waals surface area contributed by atoms with Crippen LogP contribution in [0.25, 0.3) is 0 Å². The van der Waals surface area contributed by atoms with Gasteiger partial charge in [0.15, 0.2) is 5.84 Å². The Morgan fingerprint density at radius 1 is 1.61 bits per heavy atom. The molecule has 1 aliphatic carbocycles. The molecular weight excluding hydrogens is 250 g/mol. The van der Waals surface area contributed by atoms with Gasteiger partial charge in [-0.05, 0) is 38.3 Å². The number of thiophene rings is 1. The maximum Gasteiger partial charge on any atom is 0.234 e. The second-order valence-electron chi connectivity index (χ2n) is 4.70. The lowest BCUT2D eigenvalue weighted by atomic mass is 10.1. The topological polar surface area (TPSA) is 87.7 Å². The number of amides is 1. The molecule has 18 heavy (non-hydrogen) atoms. The van der Waals surface area contributed by atoms with Crippen molar-refractivity contribution in [2.24, 2.45) is 16.3 Å². The SMILES string of the molecule is Cc1cc(CNC(=O)C2(/C(N)=N/O)CC2)sc1C. The summed E-state index contributed by atoms with van der Waals surface area (Å²) in [6.07, 6.45) is 1.30. The highest BCUT2D eigenvalue weighted by molar-refractivity contribution is 7.12. The Balaban J connectivity index is 1.97. The maximum atomic E-state index is 12.0. The highest BCUT2D eigenvalue weighted by Crippen LogP contribution is 2.46. The molecule has 0 atom stereocenters. The van der Waals surface area contributed by atoms with Crippen molar-refractivity contribution in [1.82, 2.24) is 5.32 Å². The summed E-state index contributed by atoms with van der Waals surface area (Å²) in [7, 11) is 0. The van der Waals surface area contributed by atoms with Crippen LogP contribution in [0, 0.1) is 19.3 Å². The van der Waals surface area contributed by atoms with E-state index in [9.17, 15) is 4.79 Å². The van der Waals surface area contributed by atoms with Gasteiger partial charge >= 0.3 is 0 Å². The van der Waals surface area contributed by atoms with Crippen molar-refractivity contribution < 1.29 is 10.0 Å². The largest absolute Gasteiger partial charge is 0.409 e. The number of hydrogen-bond acceptors (Lipinski definition) is 4. The zero-order valence-electron chi connectivity index (χ0n) is 10.5. The van der Waals surface area contributed by atoms with Gasteiger partial charge in [0, 0.05) is 9.75 Å². The normalized spacial score (nSPS) is 17.6. The lowest BCUT2D eigenvalue weighted by molar-refractivity contribution is -0.124. The minimum Gasteiger partial charge on any atom is -0.409 e. The van der Waals surface area contributed by atoms with Crippen molar-refractivity contribution in [1.29, 1.82) is 0 Å². The number of carbonyl (C=O) groups excluding carboxylic acids is 1. The Bertz CT molecular complexity index is 484. The molecule has 4 N–H and O–H groups in total. The van der Waals surface area contributed by atoms with Gasteiger partial charge in [0.05, 0.1) is 6.54 Å². The van der Waals surface area contributed by atoms with Crippen LogP contribution in [0.1, 0.15) is 28.2 Å². The van der Waals surface area contributed by atoms with Crippen molar-refractivity contribution in [3.8, 4) is 0 Å². The van der Waals surface area contributed by atoms with E-state index in [0.29, 0.717) is 19.4 Å². The van der Waals surface area contributed by atoms with Crippen LogP contribution >= 0.6 is 11.3 Å². The van der Waals surface area contributed by atoms with Crippen molar-refractivity contribution in [3.05, 3.63) is 21.4 Å². The van der Waals surface area contributed by atoms with Crippen LogP contribution in [0.4, 0.5) is 0 Å². The van der Waals surface area contributed by atoms with E-state index >= 15 is 0 Å². The predicted octanol–water partition coefficient (Wildman–Crippen LogP) is 1.51. The molecule has 2 rings (SSSR count). The van der Waals surface area contributed by atoms with E-state index in [1.54, 1.807) is 11.3 Å². The summed E-state index contributed by atoms with van der Waals surface area (Å²) in [4.78, 5) is 14.4. The van der Waals surface area contributed by atoms with E-state index < -0.39 is 5.41 Å². The third-order valence-corrected chi connectivity index (χ3v) is 4.58. The molecule has 1 aromatic rings. The van der Waals surface area contributed by atoms with Gasteiger partial charge < -0.3 is 16.3 Å². The van der Waals surface area contributed by atoms with Crippen LogP contribution in [0.2, 0.25) is 0 Å². The molecule has 6 heteroatoms. The number of hydrogen-bond donors (Lipinski definition) is 3. The number of aryl methyl sites for hydroxylation is 2. The molecule has 0 bridgehead atoms. The molecule has 0 aromatic carbocycles. The molecule has 1 heterocycles. The maximum absolute atomic E-state index is 12.0. The fraction of sp³-hybridized carbons (Fsp3) is 0.500. The van der Waals surface area contributed by atoms with Gasteiger partial charge in [-0.1, -0.05) is 5.16 Å². The van der Waals surface area contributed by atoms with Crippen LogP contribution in [0.5, 0.6) is 0 Å². The highest BCUT2D eigenvalue weighted by Gasteiger charge is 2.54. The summed E-state index contributed by atoms with van der Waals surface area (Å²) in [5.41, 5.74) is 6.02. The predicted molar refractivity (Wildman–Crippen MR) is 70.7 cm³/mol. The van der Waals surface area contributed by atoms with Gasteiger partial charge in [0.1, 0.15) is 5.41 Å². The molecular formula is C12H17N3O2S. The molecule has 0 unspecified atom stereocenters. The Kier molecular flexibility index (Phi) is 3.30. The molecule has 5 nitrogen and oxygen atoms in total. The molecule has 1 saturated carbocycles. The molecule has 1 amide bonds. The lowest BCUT2D eigenvalue weighted by Gasteiger charge is -2.12. The molecule has 0 spiro atoms. The summed E-state index contributed by atoms with van der Waals surface area (Å²) in [5.74, 6) is -0.139. The molecule has 98 valence electrons. The average molecular weight is 267 g/mol. The number of carbonyl (C=O) groups is 1. The first-order valence-electron chi connectivity index (χ1n) is 5.82. The minimum absolute atomic E-state index is 0.0125. The van der Waals surface area contributed by atoms with Gasteiger partial charge in [0.25, 0.3) is 0 Å². The summed E-state index contributed by atoms with van der Waals surface area (Å²) >= 11 is 1.68. The lowest BCUT2D eigenvalue weighted by Crippen LogP contribution is -2.40. The van der Waals surface area contributed by atoms with Crippen LogP contribution in [-0.2, 0) is 11.3 Å². The monoisotopic (exact) mass is 267 g/mol. The van der Waals surface area contributed by atoms with Crippen LogP contribution in [0.3, 0.4) is 0 Å². The van der Waals surface area contributed by atoms with E-state index in [4.69, 9.17) is 10.9 Å². The van der Waals surface area contributed by atoms with Gasteiger partial charge in [-0.2, -0.15) is 0 Å². The number of nitrogens with zero attached hydrogens (tertiary/aromatic N) is 1. The van der Waals surface area contributed by atoms with Gasteiger partial charge in [0.2, 0.25) is 5.91 Å². The third-order valence-electron chi connectivity index (χ3n) is 3.42. The van der Waals surface area contributed by atoms with E-state index in [-0.39, 0.29) is 11.7 Å². The number of nitrogens with two attached hydrogens (primary N) is 1. The summed E-state index contributed by atoms with van der Waals surface area (Å²) < 4.78 is 0. The van der Waals surface area contributed by atoms with E-state index in [1.165, 1.54) is 10.4 Å². The Labute approximate surface area is 110 Å². The van der Waals surface area contributed by atoms with Crippen molar-refractivity contribution in [3.63, 3.8) is 0 Å². The van der Waals surface area contributed by atoms with E-state index in [1.807, 2.05) is 0 Å². The van der Waals surface area contributed by atoms with E-state index in [0.717, 1.165) is 4.88 Å². The van der Waals surface area contributed by atoms with Gasteiger partial charge in [-0.3, -0.25) is 4.79 Å². The summed E-state index contributed by atoms with van der Waals surface area (Å²) in [6, 6.07) is 2.07. The number of rotatable bonds is 4.